The maximum Gasteiger partial charge on any atom is 0.316 e. The van der Waals surface area contributed by atoms with Crippen molar-refractivity contribution in [3.8, 4) is 0 Å². The molecule has 4 heteroatoms. The molecule has 0 radical (unpaired) electrons. The van der Waals surface area contributed by atoms with Gasteiger partial charge >= 0.3 is 29.0 Å². The van der Waals surface area contributed by atoms with Crippen molar-refractivity contribution in [2.45, 2.75) is 19.3 Å². The fourth-order valence-electron chi connectivity index (χ4n) is 0.388. The number of rotatable bonds is 4. The Labute approximate surface area is 70.2 Å². The van der Waals surface area contributed by atoms with E-state index in [2.05, 4.69) is 0 Å². The molecule has 0 aliphatic carbocycles. The van der Waals surface area contributed by atoms with Gasteiger partial charge in [0, 0.05) is 13.0 Å². The van der Waals surface area contributed by atoms with E-state index in [4.69, 9.17) is 10.2 Å². The van der Waals surface area contributed by atoms with Gasteiger partial charge in [0.15, 0.2) is 0 Å². The van der Waals surface area contributed by atoms with Crippen LogP contribution in [-0.4, -0.2) is 45.8 Å². The average Bonchev–Trinajstić information content (AvgIpc) is 1.66. The van der Waals surface area contributed by atoms with Crippen LogP contribution in [0.3, 0.4) is 0 Å². The van der Waals surface area contributed by atoms with Crippen molar-refractivity contribution in [1.82, 2.24) is 0 Å². The van der Waals surface area contributed by atoms with Crippen molar-refractivity contribution in [3.05, 3.63) is 0 Å². The molecule has 0 aromatic heterocycles. The van der Waals surface area contributed by atoms with Crippen LogP contribution in [0.15, 0.2) is 0 Å². The maximum atomic E-state index is 9.79. The van der Waals surface area contributed by atoms with Gasteiger partial charge in [0.05, 0.1) is 0 Å². The van der Waals surface area contributed by atoms with Gasteiger partial charge < -0.3 is 10.2 Å². The Morgan fingerprint density at radius 3 is 2.22 bits per heavy atom. The molecule has 3 nitrogen and oxygen atoms in total. The highest BCUT2D eigenvalue weighted by atomic mass is 24.3. The molecule has 0 fully saturated rings. The van der Waals surface area contributed by atoms with E-state index in [-0.39, 0.29) is 36.1 Å². The third kappa shape index (κ3) is 11.7. The highest BCUT2D eigenvalue weighted by Gasteiger charge is 1.93. The number of hydrogen-bond acceptors (Lipinski definition) is 2. The summed E-state index contributed by atoms with van der Waals surface area (Å²) in [7, 11) is 0. The number of carboxylic acids is 1. The van der Waals surface area contributed by atoms with Gasteiger partial charge in [-0.25, -0.2) is 0 Å². The molecule has 0 atom stereocenters. The molecule has 2 N–H and O–H groups in total. The third-order valence-electron chi connectivity index (χ3n) is 0.799. The van der Waals surface area contributed by atoms with Gasteiger partial charge in [-0.05, 0) is 12.8 Å². The summed E-state index contributed by atoms with van der Waals surface area (Å²) in [6.07, 6.45) is 1.33. The monoisotopic (exact) mass is 144 g/mol. The predicted octanol–water partition coefficient (Wildman–Crippen LogP) is -0.683. The van der Waals surface area contributed by atoms with E-state index in [1.165, 1.54) is 0 Å². The van der Waals surface area contributed by atoms with Crippen molar-refractivity contribution in [1.29, 1.82) is 0 Å². The molecular weight excluding hydrogens is 132 g/mol. The van der Waals surface area contributed by atoms with E-state index in [0.717, 1.165) is 0 Å². The molecule has 0 aromatic rings. The molecule has 0 saturated carbocycles. The fourth-order valence-corrected chi connectivity index (χ4v) is 0.388. The van der Waals surface area contributed by atoms with Gasteiger partial charge in [0.1, 0.15) is 0 Å². The number of carboxylic acid groups (broad SMARTS) is 1. The number of aliphatic hydroxyl groups excluding tert-OH is 1. The molecule has 9 heavy (non-hydrogen) atoms. The summed E-state index contributed by atoms with van der Waals surface area (Å²) in [5, 5.41) is 16.2. The second-order valence-corrected chi connectivity index (χ2v) is 1.57. The molecule has 0 rings (SSSR count). The van der Waals surface area contributed by atoms with Crippen molar-refractivity contribution in [2.24, 2.45) is 0 Å². The first-order valence-electron chi connectivity index (χ1n) is 2.60. The number of aliphatic carboxylic acids is 1. The lowest BCUT2D eigenvalue weighted by Gasteiger charge is -1.89. The number of unbranched alkanes of at least 4 members (excludes halogenated alkanes) is 1. The molecule has 0 aliphatic heterocycles. The minimum atomic E-state index is -0.793. The third-order valence-corrected chi connectivity index (χ3v) is 0.799. The van der Waals surface area contributed by atoms with Crippen LogP contribution >= 0.6 is 0 Å². The number of carbonyl (C=O) groups is 1. The van der Waals surface area contributed by atoms with Gasteiger partial charge in [-0.1, -0.05) is 0 Å². The fraction of sp³-hybridized carbons (Fsp3) is 0.800. The second kappa shape index (κ2) is 8.20. The molecule has 0 unspecified atom stereocenters. The first kappa shape index (κ1) is 11.9. The minimum Gasteiger partial charge on any atom is -0.481 e. The highest BCUT2D eigenvalue weighted by molar-refractivity contribution is 5.75. The average molecular weight is 144 g/mol. The zero-order valence-electron chi connectivity index (χ0n) is 4.63. The van der Waals surface area contributed by atoms with Crippen LogP contribution in [0, 0.1) is 0 Å². The predicted molar refractivity (Wildman–Crippen MR) is 37.1 cm³/mol. The topological polar surface area (TPSA) is 57.5 Å². The van der Waals surface area contributed by atoms with E-state index >= 15 is 0 Å². The van der Waals surface area contributed by atoms with Crippen LogP contribution in [0.25, 0.3) is 0 Å². The molecule has 0 aromatic carbocycles. The van der Waals surface area contributed by atoms with Crippen LogP contribution in [0.4, 0.5) is 0 Å². The van der Waals surface area contributed by atoms with Gasteiger partial charge in [0.2, 0.25) is 0 Å². The largest absolute Gasteiger partial charge is 0.481 e. The normalized spacial score (nSPS) is 8.11. The molecule has 0 heterocycles. The Morgan fingerprint density at radius 2 is 1.89 bits per heavy atom. The van der Waals surface area contributed by atoms with E-state index in [1.54, 1.807) is 0 Å². The van der Waals surface area contributed by atoms with E-state index in [1.807, 2.05) is 0 Å². The summed E-state index contributed by atoms with van der Waals surface area (Å²) in [6.45, 7) is 0.0906. The zero-order valence-corrected chi connectivity index (χ0v) is 4.63. The first-order chi connectivity index (χ1) is 3.77. The molecular formula is C5H12MgO3. The van der Waals surface area contributed by atoms with Gasteiger partial charge in [-0.2, -0.15) is 0 Å². The zero-order chi connectivity index (χ0) is 6.41. The summed E-state index contributed by atoms with van der Waals surface area (Å²) in [6, 6.07) is 0. The SMILES string of the molecule is O=C(O)CCCCO.[MgH2]. The standard InChI is InChI=1S/C5H10O3.Mg.2H/c6-4-2-1-3-5(7)8;;;/h6H,1-4H2,(H,7,8);;;. The Kier molecular flexibility index (Phi) is 10.9. The smallest absolute Gasteiger partial charge is 0.316 e. The number of hydrogen-bond donors (Lipinski definition) is 2. The van der Waals surface area contributed by atoms with Crippen LogP contribution in [0.1, 0.15) is 19.3 Å². The van der Waals surface area contributed by atoms with Crippen LogP contribution in [0.5, 0.6) is 0 Å². The van der Waals surface area contributed by atoms with Gasteiger partial charge in [0.25, 0.3) is 0 Å². The maximum absolute atomic E-state index is 9.79. The van der Waals surface area contributed by atoms with Crippen LogP contribution < -0.4 is 0 Å². The summed E-state index contributed by atoms with van der Waals surface area (Å²) in [4.78, 5) is 9.79. The molecule has 0 spiro atoms. The minimum absolute atomic E-state index is 0. The number of aliphatic hydroxyl groups is 1. The Hall–Kier alpha value is 0.196. The summed E-state index contributed by atoms with van der Waals surface area (Å²) < 4.78 is 0. The Morgan fingerprint density at radius 1 is 1.33 bits per heavy atom. The molecule has 0 saturated heterocycles. The van der Waals surface area contributed by atoms with E-state index in [9.17, 15) is 4.79 Å². The molecule has 52 valence electrons. The van der Waals surface area contributed by atoms with Crippen LogP contribution in [-0.2, 0) is 4.79 Å². The highest BCUT2D eigenvalue weighted by Crippen LogP contribution is 1.92. The molecule has 0 bridgehead atoms. The van der Waals surface area contributed by atoms with E-state index < -0.39 is 5.97 Å². The molecule has 0 amide bonds. The Balaban J connectivity index is 0. The van der Waals surface area contributed by atoms with Gasteiger partial charge in [-0.15, -0.1) is 0 Å². The van der Waals surface area contributed by atoms with Crippen molar-refractivity contribution >= 4 is 29.0 Å². The van der Waals surface area contributed by atoms with Crippen molar-refractivity contribution in [3.63, 3.8) is 0 Å². The summed E-state index contributed by atoms with van der Waals surface area (Å²) in [5.41, 5.74) is 0. The first-order valence-corrected chi connectivity index (χ1v) is 2.60. The second-order valence-electron chi connectivity index (χ2n) is 1.57. The van der Waals surface area contributed by atoms with Crippen LogP contribution in [0.2, 0.25) is 0 Å². The lowest BCUT2D eigenvalue weighted by atomic mass is 10.2. The summed E-state index contributed by atoms with van der Waals surface area (Å²) in [5.74, 6) is -0.793. The lowest BCUT2D eigenvalue weighted by Crippen LogP contribution is -1.94. The van der Waals surface area contributed by atoms with Gasteiger partial charge in [-0.3, -0.25) is 4.79 Å². The van der Waals surface area contributed by atoms with Crippen molar-refractivity contribution < 1.29 is 15.0 Å². The quantitative estimate of drug-likeness (QED) is 0.406. The molecule has 0 aliphatic rings. The lowest BCUT2D eigenvalue weighted by molar-refractivity contribution is -0.137. The summed E-state index contributed by atoms with van der Waals surface area (Å²) >= 11 is 0. The van der Waals surface area contributed by atoms with E-state index in [0.29, 0.717) is 12.8 Å². The van der Waals surface area contributed by atoms with Crippen molar-refractivity contribution in [2.75, 3.05) is 6.61 Å². The Bertz CT molecular complexity index is 74.6.